The van der Waals surface area contributed by atoms with Crippen LogP contribution in [0.15, 0.2) is 47.4 Å². The molecule has 1 aliphatic heterocycles. The monoisotopic (exact) mass is 461 g/mol. The van der Waals surface area contributed by atoms with Crippen LogP contribution in [0.5, 0.6) is 0 Å². The van der Waals surface area contributed by atoms with E-state index in [9.17, 15) is 31.2 Å². The second-order valence-corrected chi connectivity index (χ2v) is 8.77. The number of halogens is 4. The molecular weight excluding hydrogens is 447 g/mol. The molecule has 12 heteroatoms. The van der Waals surface area contributed by atoms with Crippen molar-refractivity contribution in [3.63, 3.8) is 0 Å². The van der Waals surface area contributed by atoms with Crippen molar-refractivity contribution in [2.75, 3.05) is 4.90 Å². The number of alkyl halides is 3. The second kappa shape index (κ2) is 7.25. The first kappa shape index (κ1) is 22.1. The van der Waals surface area contributed by atoms with Gasteiger partial charge in [-0.1, -0.05) is 17.7 Å². The molecule has 2 aromatic rings. The quantitative estimate of drug-likeness (QED) is 0.683. The van der Waals surface area contributed by atoms with Gasteiger partial charge in [-0.3, -0.25) is 4.79 Å². The van der Waals surface area contributed by atoms with Gasteiger partial charge in [0.1, 0.15) is 0 Å². The fourth-order valence-corrected chi connectivity index (χ4v) is 4.22. The molecule has 0 spiro atoms. The minimum atomic E-state index is -5.48. The summed E-state index contributed by atoms with van der Waals surface area (Å²) in [6.45, 7) is 3.39. The molecular formula is C18H15ClF3N3O4S. The average molecular weight is 462 g/mol. The van der Waals surface area contributed by atoms with Gasteiger partial charge in [0.2, 0.25) is 10.0 Å². The van der Waals surface area contributed by atoms with E-state index in [0.29, 0.717) is 5.56 Å². The normalized spacial score (nSPS) is 19.9. The summed E-state index contributed by atoms with van der Waals surface area (Å²) in [5.41, 5.74) is -2.59. The summed E-state index contributed by atoms with van der Waals surface area (Å²) >= 11 is 5.67. The maximum atomic E-state index is 14.0. The largest absolute Gasteiger partial charge is 0.435 e. The third kappa shape index (κ3) is 3.64. The minimum absolute atomic E-state index is 0.127. The zero-order valence-corrected chi connectivity index (χ0v) is 17.1. The first-order valence-electron chi connectivity index (χ1n) is 8.39. The van der Waals surface area contributed by atoms with Gasteiger partial charge in [-0.05, 0) is 61.4 Å². The Morgan fingerprint density at radius 2 is 1.63 bits per heavy atom. The van der Waals surface area contributed by atoms with E-state index < -0.39 is 38.7 Å². The van der Waals surface area contributed by atoms with Crippen LogP contribution in [-0.4, -0.2) is 32.2 Å². The number of carbonyl (C=O) groups excluding carboxylic acids is 2. The summed E-state index contributed by atoms with van der Waals surface area (Å²) in [4.78, 5) is 24.9. The van der Waals surface area contributed by atoms with Gasteiger partial charge < -0.3 is 5.32 Å². The van der Waals surface area contributed by atoms with Crippen molar-refractivity contribution in [3.05, 3.63) is 58.6 Å². The van der Waals surface area contributed by atoms with Crippen LogP contribution in [0.4, 0.5) is 23.7 Å². The number of anilines is 1. The van der Waals surface area contributed by atoms with Gasteiger partial charge in [-0.2, -0.15) is 17.9 Å². The molecule has 0 unspecified atom stereocenters. The lowest BCUT2D eigenvalue weighted by atomic mass is 10.1. The Balaban J connectivity index is 2.08. The van der Waals surface area contributed by atoms with Crippen molar-refractivity contribution >= 4 is 39.2 Å². The number of benzene rings is 2. The van der Waals surface area contributed by atoms with Crippen LogP contribution < -0.4 is 14.9 Å². The summed E-state index contributed by atoms with van der Waals surface area (Å²) in [7, 11) is -4.87. The third-order valence-corrected chi connectivity index (χ3v) is 6.33. The van der Waals surface area contributed by atoms with Crippen molar-refractivity contribution in [2.45, 2.75) is 30.6 Å². The highest BCUT2D eigenvalue weighted by atomic mass is 35.5. The number of hydrogen-bond acceptors (Lipinski definition) is 4. The fourth-order valence-electron chi connectivity index (χ4n) is 2.82. The number of nitrogens with one attached hydrogen (secondary N) is 2. The maximum absolute atomic E-state index is 14.0. The van der Waals surface area contributed by atoms with E-state index in [2.05, 4.69) is 0 Å². The lowest BCUT2D eigenvalue weighted by Crippen LogP contribution is -2.69. The maximum Gasteiger partial charge on any atom is 0.435 e. The van der Waals surface area contributed by atoms with Crippen LogP contribution in [-0.2, 0) is 14.8 Å². The van der Waals surface area contributed by atoms with Gasteiger partial charge in [0, 0.05) is 5.02 Å². The van der Waals surface area contributed by atoms with Crippen LogP contribution in [0.1, 0.15) is 11.1 Å². The molecule has 160 valence electrons. The van der Waals surface area contributed by atoms with Crippen molar-refractivity contribution in [2.24, 2.45) is 0 Å². The van der Waals surface area contributed by atoms with Gasteiger partial charge >= 0.3 is 12.2 Å². The van der Waals surface area contributed by atoms with Gasteiger partial charge in [0.05, 0.1) is 10.6 Å². The Hall–Kier alpha value is -2.63. The predicted molar refractivity (Wildman–Crippen MR) is 102 cm³/mol. The zero-order valence-electron chi connectivity index (χ0n) is 15.5. The molecule has 2 N–H and O–H groups in total. The van der Waals surface area contributed by atoms with Gasteiger partial charge in [-0.25, -0.2) is 18.1 Å². The van der Waals surface area contributed by atoms with Gasteiger partial charge in [-0.15, -0.1) is 0 Å². The molecule has 1 atom stereocenters. The van der Waals surface area contributed by atoms with Crippen LogP contribution in [0.2, 0.25) is 5.02 Å². The topological polar surface area (TPSA) is 95.6 Å². The van der Waals surface area contributed by atoms with E-state index in [1.165, 1.54) is 28.2 Å². The summed E-state index contributed by atoms with van der Waals surface area (Å²) in [5, 5.41) is 1.63. The molecule has 0 radical (unpaired) electrons. The Bertz CT molecular complexity index is 1140. The molecule has 3 amide bonds. The number of hydrogen-bond donors (Lipinski definition) is 2. The standard InChI is InChI=1S/C18H15ClF3N3O4S/c1-10-3-6-13(9-11(10)2)25-15(26)17(18(20,21)22,23-16(25)27)24-30(28,29)14-7-4-12(19)5-8-14/h3-9,24H,1-2H3,(H,23,27)/t17-/m1/s1. The van der Waals surface area contributed by atoms with E-state index in [0.717, 1.165) is 29.8 Å². The zero-order chi connectivity index (χ0) is 22.5. The summed E-state index contributed by atoms with van der Waals surface area (Å²) in [5.74, 6) is -1.82. The highest BCUT2D eigenvalue weighted by Gasteiger charge is 2.69. The summed E-state index contributed by atoms with van der Waals surface area (Å²) < 4.78 is 68.4. The van der Waals surface area contributed by atoms with Crippen LogP contribution >= 0.6 is 11.6 Å². The smallest absolute Gasteiger partial charge is 0.302 e. The van der Waals surface area contributed by atoms with Crippen molar-refractivity contribution in [1.82, 2.24) is 10.0 Å². The predicted octanol–water partition coefficient (Wildman–Crippen LogP) is 3.25. The highest BCUT2D eigenvalue weighted by molar-refractivity contribution is 7.89. The van der Waals surface area contributed by atoms with Crippen molar-refractivity contribution in [3.8, 4) is 0 Å². The van der Waals surface area contributed by atoms with Crippen LogP contribution in [0, 0.1) is 13.8 Å². The number of nitrogens with zero attached hydrogens (tertiary/aromatic N) is 1. The molecule has 1 fully saturated rings. The van der Waals surface area contributed by atoms with E-state index in [4.69, 9.17) is 11.6 Å². The van der Waals surface area contributed by atoms with E-state index in [1.54, 1.807) is 13.8 Å². The highest BCUT2D eigenvalue weighted by Crippen LogP contribution is 2.37. The van der Waals surface area contributed by atoms with Gasteiger partial charge in [0.15, 0.2) is 0 Å². The molecule has 1 heterocycles. The first-order chi connectivity index (χ1) is 13.8. The average Bonchev–Trinajstić information content (AvgIpc) is 2.88. The van der Waals surface area contributed by atoms with E-state index in [-0.39, 0.29) is 15.6 Å². The van der Waals surface area contributed by atoms with E-state index >= 15 is 0 Å². The van der Waals surface area contributed by atoms with Gasteiger partial charge in [0.25, 0.3) is 11.6 Å². The van der Waals surface area contributed by atoms with Crippen molar-refractivity contribution < 1.29 is 31.2 Å². The second-order valence-electron chi connectivity index (χ2n) is 6.65. The Morgan fingerprint density at radius 1 is 1.03 bits per heavy atom. The Labute approximate surface area is 174 Å². The van der Waals surface area contributed by atoms with Crippen LogP contribution in [0.25, 0.3) is 0 Å². The Kier molecular flexibility index (Phi) is 5.34. The number of carbonyl (C=O) groups is 2. The molecule has 0 bridgehead atoms. The number of sulfonamides is 1. The van der Waals surface area contributed by atoms with Crippen LogP contribution in [0.3, 0.4) is 0 Å². The molecule has 3 rings (SSSR count). The molecule has 1 aliphatic rings. The molecule has 0 aromatic heterocycles. The van der Waals surface area contributed by atoms with Crippen molar-refractivity contribution in [1.29, 1.82) is 0 Å². The molecule has 0 saturated carbocycles. The number of amides is 3. The molecule has 1 saturated heterocycles. The molecule has 0 aliphatic carbocycles. The Morgan fingerprint density at radius 3 is 2.17 bits per heavy atom. The number of aryl methyl sites for hydroxylation is 2. The summed E-state index contributed by atoms with van der Waals surface area (Å²) in [6, 6.07) is 7.01. The number of urea groups is 1. The third-order valence-electron chi connectivity index (χ3n) is 4.61. The lowest BCUT2D eigenvalue weighted by molar-refractivity contribution is -0.194. The van der Waals surface area contributed by atoms with E-state index in [1.807, 2.05) is 0 Å². The number of imide groups is 1. The molecule has 2 aromatic carbocycles. The first-order valence-corrected chi connectivity index (χ1v) is 10.2. The SMILES string of the molecule is Cc1ccc(N2C(=O)N[C@](NS(=O)(=O)c3ccc(Cl)cc3)(C(F)(F)F)C2=O)cc1C. The molecule has 7 nitrogen and oxygen atoms in total. The summed E-state index contributed by atoms with van der Waals surface area (Å²) in [6.07, 6.45) is -5.48. The molecule has 30 heavy (non-hydrogen) atoms. The minimum Gasteiger partial charge on any atom is -0.302 e. The lowest BCUT2D eigenvalue weighted by Gasteiger charge is -2.29. The fraction of sp³-hybridized carbons (Fsp3) is 0.222. The number of rotatable bonds is 4.